The third-order valence-electron chi connectivity index (χ3n) is 5.17. The monoisotopic (exact) mass is 352 g/mol. The van der Waals surface area contributed by atoms with Gasteiger partial charge in [0.15, 0.2) is 0 Å². The molecule has 2 aliphatic rings. The van der Waals surface area contributed by atoms with Gasteiger partial charge in [-0.05, 0) is 37.8 Å². The van der Waals surface area contributed by atoms with E-state index in [0.29, 0.717) is 19.0 Å². The molecule has 3 rings (SSSR count). The first-order valence-corrected chi connectivity index (χ1v) is 9.04. The topological polar surface area (TPSA) is 48.5 Å². The molecule has 7 heteroatoms. The molecule has 138 valence electrons. The lowest BCUT2D eigenvalue weighted by atomic mass is 9.95. The first kappa shape index (κ1) is 18.0. The molecule has 0 aliphatic carbocycles. The zero-order chi connectivity index (χ0) is 17.9. The van der Waals surface area contributed by atoms with E-state index in [9.17, 15) is 13.6 Å². The second-order valence-corrected chi connectivity index (χ2v) is 6.99. The number of halogens is 2. The Balaban J connectivity index is 1.51. The van der Waals surface area contributed by atoms with Gasteiger partial charge in [0.1, 0.15) is 5.82 Å². The van der Waals surface area contributed by atoms with Gasteiger partial charge in [-0.15, -0.1) is 0 Å². The van der Waals surface area contributed by atoms with Crippen LogP contribution in [0.2, 0.25) is 0 Å². The van der Waals surface area contributed by atoms with Gasteiger partial charge in [-0.25, -0.2) is 13.8 Å². The molecule has 1 amide bonds. The summed E-state index contributed by atoms with van der Waals surface area (Å²) in [6.07, 6.45) is 3.37. The first-order valence-electron chi connectivity index (χ1n) is 9.04. The third kappa shape index (κ3) is 4.45. The Morgan fingerprint density at radius 1 is 1.40 bits per heavy atom. The van der Waals surface area contributed by atoms with Gasteiger partial charge in [0, 0.05) is 38.8 Å². The summed E-state index contributed by atoms with van der Waals surface area (Å²) in [4.78, 5) is 20.9. The number of amides is 1. The number of pyridine rings is 1. The quantitative estimate of drug-likeness (QED) is 0.882. The van der Waals surface area contributed by atoms with Crippen LogP contribution in [0.3, 0.4) is 0 Å². The zero-order valence-electron chi connectivity index (χ0n) is 14.6. The number of alkyl halides is 2. The Bertz CT molecular complexity index is 576. The van der Waals surface area contributed by atoms with Crippen LogP contribution in [0.5, 0.6) is 0 Å². The summed E-state index contributed by atoms with van der Waals surface area (Å²) < 4.78 is 26.7. The molecule has 0 spiro atoms. The van der Waals surface area contributed by atoms with E-state index >= 15 is 0 Å². The van der Waals surface area contributed by atoms with Crippen molar-refractivity contribution in [1.82, 2.24) is 15.2 Å². The van der Waals surface area contributed by atoms with E-state index in [2.05, 4.69) is 15.2 Å². The van der Waals surface area contributed by atoms with Crippen molar-refractivity contribution in [2.45, 2.75) is 38.2 Å². The molecule has 2 saturated heterocycles. The molecule has 0 radical (unpaired) electrons. The molecule has 1 unspecified atom stereocenters. The van der Waals surface area contributed by atoms with Crippen LogP contribution in [0.15, 0.2) is 24.4 Å². The SMILES string of the molecule is CCN(CC1CCN(c2ccccn2)CC1)C(=O)C1CC(F)(F)CN1. The van der Waals surface area contributed by atoms with Gasteiger partial charge in [-0.1, -0.05) is 6.07 Å². The number of carbonyl (C=O) groups excluding carboxylic acids is 1. The van der Waals surface area contributed by atoms with Crippen LogP contribution < -0.4 is 10.2 Å². The van der Waals surface area contributed by atoms with Crippen LogP contribution in [-0.2, 0) is 4.79 Å². The molecule has 25 heavy (non-hydrogen) atoms. The van der Waals surface area contributed by atoms with Crippen molar-refractivity contribution in [3.8, 4) is 0 Å². The maximum Gasteiger partial charge on any atom is 0.262 e. The van der Waals surface area contributed by atoms with Crippen LogP contribution >= 0.6 is 0 Å². The minimum absolute atomic E-state index is 0.188. The van der Waals surface area contributed by atoms with E-state index in [1.165, 1.54) is 0 Å². The van der Waals surface area contributed by atoms with Gasteiger partial charge in [-0.2, -0.15) is 0 Å². The summed E-state index contributed by atoms with van der Waals surface area (Å²) in [6.45, 7) is 4.54. The fourth-order valence-electron chi connectivity index (χ4n) is 3.68. The van der Waals surface area contributed by atoms with E-state index in [-0.39, 0.29) is 12.3 Å². The Morgan fingerprint density at radius 2 is 2.16 bits per heavy atom. The molecule has 1 atom stereocenters. The van der Waals surface area contributed by atoms with Gasteiger partial charge in [0.05, 0.1) is 12.6 Å². The second-order valence-electron chi connectivity index (χ2n) is 6.99. The van der Waals surface area contributed by atoms with E-state index in [1.807, 2.05) is 25.1 Å². The highest BCUT2D eigenvalue weighted by atomic mass is 19.3. The Morgan fingerprint density at radius 3 is 2.72 bits per heavy atom. The molecular weight excluding hydrogens is 326 g/mol. The number of hydrogen-bond acceptors (Lipinski definition) is 4. The number of carbonyl (C=O) groups is 1. The minimum Gasteiger partial charge on any atom is -0.357 e. The van der Waals surface area contributed by atoms with Crippen molar-refractivity contribution < 1.29 is 13.6 Å². The zero-order valence-corrected chi connectivity index (χ0v) is 14.6. The fraction of sp³-hybridized carbons (Fsp3) is 0.667. The highest BCUT2D eigenvalue weighted by Crippen LogP contribution is 2.27. The number of nitrogens with one attached hydrogen (secondary N) is 1. The summed E-state index contributed by atoms with van der Waals surface area (Å²) in [5.74, 6) is -1.56. The number of anilines is 1. The molecule has 1 aromatic rings. The standard InChI is InChI=1S/C18H26F2N4O/c1-2-23(17(25)15-11-18(19,20)13-22-15)12-14-6-9-24(10-7-14)16-5-3-4-8-21-16/h3-5,8,14-15,22H,2,6-7,9-13H2,1H3. The summed E-state index contributed by atoms with van der Waals surface area (Å²) >= 11 is 0. The number of hydrogen-bond donors (Lipinski definition) is 1. The number of piperidine rings is 1. The fourth-order valence-corrected chi connectivity index (χ4v) is 3.68. The predicted molar refractivity (Wildman–Crippen MR) is 92.8 cm³/mol. The van der Waals surface area contributed by atoms with Gasteiger partial charge in [0.25, 0.3) is 5.92 Å². The molecule has 1 aromatic heterocycles. The van der Waals surface area contributed by atoms with Crippen molar-refractivity contribution in [2.75, 3.05) is 37.6 Å². The third-order valence-corrected chi connectivity index (χ3v) is 5.17. The molecule has 0 saturated carbocycles. The van der Waals surface area contributed by atoms with Crippen molar-refractivity contribution in [1.29, 1.82) is 0 Å². The number of aromatic nitrogens is 1. The maximum atomic E-state index is 13.3. The maximum absolute atomic E-state index is 13.3. The predicted octanol–water partition coefficient (Wildman–Crippen LogP) is 2.14. The van der Waals surface area contributed by atoms with Crippen LogP contribution in [0.25, 0.3) is 0 Å². The number of likely N-dealkylation sites (N-methyl/N-ethyl adjacent to an activating group) is 1. The second kappa shape index (κ2) is 7.64. The van der Waals surface area contributed by atoms with Crippen molar-refractivity contribution >= 4 is 11.7 Å². The molecule has 3 heterocycles. The van der Waals surface area contributed by atoms with Gasteiger partial charge < -0.3 is 9.80 Å². The van der Waals surface area contributed by atoms with Crippen molar-refractivity contribution in [3.63, 3.8) is 0 Å². The van der Waals surface area contributed by atoms with Crippen LogP contribution in [0.4, 0.5) is 14.6 Å². The Labute approximate surface area is 147 Å². The average Bonchev–Trinajstić information content (AvgIpc) is 3.00. The van der Waals surface area contributed by atoms with Crippen LogP contribution in [-0.4, -0.2) is 60.5 Å². The lowest BCUT2D eigenvalue weighted by Gasteiger charge is -2.35. The molecule has 1 N–H and O–H groups in total. The van der Waals surface area contributed by atoms with Crippen LogP contribution in [0, 0.1) is 5.92 Å². The van der Waals surface area contributed by atoms with Crippen molar-refractivity contribution in [2.24, 2.45) is 5.92 Å². The average molecular weight is 352 g/mol. The Kier molecular flexibility index (Phi) is 5.51. The lowest BCUT2D eigenvalue weighted by molar-refractivity contribution is -0.134. The first-order chi connectivity index (χ1) is 12.0. The van der Waals surface area contributed by atoms with Crippen LogP contribution in [0.1, 0.15) is 26.2 Å². The molecule has 0 aromatic carbocycles. The smallest absolute Gasteiger partial charge is 0.262 e. The summed E-state index contributed by atoms with van der Waals surface area (Å²) in [5, 5.41) is 2.67. The molecule has 0 bridgehead atoms. The van der Waals surface area contributed by atoms with E-state index in [4.69, 9.17) is 0 Å². The highest BCUT2D eigenvalue weighted by molar-refractivity contribution is 5.82. The largest absolute Gasteiger partial charge is 0.357 e. The summed E-state index contributed by atoms with van der Waals surface area (Å²) in [5.41, 5.74) is 0. The molecule has 2 aliphatic heterocycles. The molecular formula is C18H26F2N4O. The number of rotatable bonds is 5. The van der Waals surface area contributed by atoms with E-state index in [1.54, 1.807) is 11.1 Å². The van der Waals surface area contributed by atoms with Gasteiger partial charge in [0.2, 0.25) is 5.91 Å². The van der Waals surface area contributed by atoms with Gasteiger partial charge >= 0.3 is 0 Å². The van der Waals surface area contributed by atoms with Crippen molar-refractivity contribution in [3.05, 3.63) is 24.4 Å². The lowest BCUT2D eigenvalue weighted by Crippen LogP contribution is -2.47. The molecule has 5 nitrogen and oxygen atoms in total. The normalized spacial score (nSPS) is 23.6. The summed E-state index contributed by atoms with van der Waals surface area (Å²) in [7, 11) is 0. The minimum atomic E-state index is -2.77. The highest BCUT2D eigenvalue weighted by Gasteiger charge is 2.43. The number of nitrogens with zero attached hydrogens (tertiary/aromatic N) is 3. The van der Waals surface area contributed by atoms with E-state index in [0.717, 1.165) is 31.7 Å². The summed E-state index contributed by atoms with van der Waals surface area (Å²) in [6, 6.07) is 5.15. The van der Waals surface area contributed by atoms with Gasteiger partial charge in [-0.3, -0.25) is 10.1 Å². The Hall–Kier alpha value is -1.76. The van der Waals surface area contributed by atoms with E-state index < -0.39 is 18.5 Å². The molecule has 2 fully saturated rings.